The zero-order valence-electron chi connectivity index (χ0n) is 13.2. The molecule has 6 heteroatoms. The molecule has 22 heavy (non-hydrogen) atoms. The van der Waals surface area contributed by atoms with Gasteiger partial charge in [0.1, 0.15) is 12.7 Å². The van der Waals surface area contributed by atoms with Gasteiger partial charge in [0.05, 0.1) is 12.1 Å². The summed E-state index contributed by atoms with van der Waals surface area (Å²) in [6.45, 7) is -0.232. The highest BCUT2D eigenvalue weighted by Crippen LogP contribution is 2.43. The molecule has 1 heterocycles. The quantitative estimate of drug-likeness (QED) is 0.882. The molecule has 1 aromatic heterocycles. The second-order valence-corrected chi connectivity index (χ2v) is 6.28. The van der Waals surface area contributed by atoms with Crippen molar-refractivity contribution in [3.63, 3.8) is 0 Å². The van der Waals surface area contributed by atoms with Crippen LogP contribution >= 0.6 is 11.6 Å². The van der Waals surface area contributed by atoms with Gasteiger partial charge in [-0.05, 0) is 42.9 Å². The Morgan fingerprint density at radius 1 is 1.36 bits per heavy atom. The molecule has 0 amide bonds. The summed E-state index contributed by atoms with van der Waals surface area (Å²) in [5.74, 6) is -1.44. The molecule has 0 aliphatic heterocycles. The molecule has 0 bridgehead atoms. The van der Waals surface area contributed by atoms with Crippen LogP contribution in [0.15, 0.2) is 36.9 Å². The minimum absolute atomic E-state index is 0.141. The second kappa shape index (κ2) is 6.36. The van der Waals surface area contributed by atoms with Gasteiger partial charge in [0.2, 0.25) is 0 Å². The Kier molecular flexibility index (Phi) is 4.10. The predicted octanol–water partition coefficient (Wildman–Crippen LogP) is 1.92. The molecule has 3 rings (SSSR count). The molecule has 1 aliphatic carbocycles. The maximum Gasteiger partial charge on any atom is 0.137 e. The lowest BCUT2D eigenvalue weighted by atomic mass is 9.81. The first-order valence-electron chi connectivity index (χ1n) is 7.87. The van der Waals surface area contributed by atoms with Crippen LogP contribution in [-0.2, 0) is 13.0 Å². The van der Waals surface area contributed by atoms with Crippen molar-refractivity contribution in [2.75, 3.05) is 6.61 Å². The van der Waals surface area contributed by atoms with E-state index in [2.05, 4.69) is 10.1 Å². The number of aliphatic hydroxyl groups excluding tert-OH is 1. The van der Waals surface area contributed by atoms with Gasteiger partial charge in [0.15, 0.2) is 0 Å². The van der Waals surface area contributed by atoms with Crippen LogP contribution in [0.5, 0.6) is 0 Å². The summed E-state index contributed by atoms with van der Waals surface area (Å²) in [6.07, 6.45) is 4.68. The fourth-order valence-corrected chi connectivity index (χ4v) is 3.41. The Morgan fingerprint density at radius 2 is 2.14 bits per heavy atom. The third-order valence-corrected chi connectivity index (χ3v) is 4.79. The highest BCUT2D eigenvalue weighted by Gasteiger charge is 2.48. The molecule has 0 spiro atoms. The monoisotopic (exact) mass is 323 g/mol. The molecule has 0 saturated heterocycles. The highest BCUT2D eigenvalue weighted by molar-refractivity contribution is 6.30. The third-order valence-electron chi connectivity index (χ3n) is 4.54. The van der Waals surface area contributed by atoms with Crippen LogP contribution in [0, 0.1) is 11.8 Å². The number of benzene rings is 1. The lowest BCUT2D eigenvalue weighted by molar-refractivity contribution is -0.0675. The summed E-state index contributed by atoms with van der Waals surface area (Å²) < 4.78 is 10.1. The lowest BCUT2D eigenvalue weighted by Crippen LogP contribution is -2.46. The summed E-state index contributed by atoms with van der Waals surface area (Å²) >= 11 is 5.92. The normalized spacial score (nSPS) is 32.1. The minimum Gasteiger partial charge on any atom is -0.396 e. The van der Waals surface area contributed by atoms with E-state index >= 15 is 0 Å². The van der Waals surface area contributed by atoms with Gasteiger partial charge in [-0.3, -0.25) is 4.68 Å². The number of halogens is 1. The molecule has 1 aromatic carbocycles. The van der Waals surface area contributed by atoms with Crippen LogP contribution in [0.1, 0.15) is 19.8 Å². The van der Waals surface area contributed by atoms with Crippen LogP contribution in [0.2, 0.25) is 5.02 Å². The maximum absolute atomic E-state index is 11.3. The number of nitrogens with zero attached hydrogens (tertiary/aromatic N) is 3. The summed E-state index contributed by atoms with van der Waals surface area (Å²) in [6, 6.07) is 7.51. The minimum atomic E-state index is -1.37. The van der Waals surface area contributed by atoms with Crippen molar-refractivity contribution in [2.45, 2.75) is 31.4 Å². The van der Waals surface area contributed by atoms with Crippen molar-refractivity contribution in [2.24, 2.45) is 11.8 Å². The molecule has 5 nitrogen and oxygen atoms in total. The zero-order valence-corrected chi connectivity index (χ0v) is 12.9. The fraction of sp³-hybridized carbons (Fsp3) is 0.500. The van der Waals surface area contributed by atoms with E-state index in [-0.39, 0.29) is 19.1 Å². The molecular formula is C16H20ClN3O2. The summed E-state index contributed by atoms with van der Waals surface area (Å²) in [5, 5.41) is 25.7. The summed E-state index contributed by atoms with van der Waals surface area (Å²) in [7, 11) is 0. The van der Waals surface area contributed by atoms with E-state index in [1.54, 1.807) is 0 Å². The van der Waals surface area contributed by atoms with E-state index in [4.69, 9.17) is 13.0 Å². The molecular weight excluding hydrogens is 302 g/mol. The topological polar surface area (TPSA) is 71.2 Å². The van der Waals surface area contributed by atoms with Crippen LogP contribution < -0.4 is 0 Å². The van der Waals surface area contributed by atoms with E-state index in [0.717, 1.165) is 5.56 Å². The average Bonchev–Trinajstić information content (AvgIpc) is 3.12. The van der Waals surface area contributed by atoms with Gasteiger partial charge in [-0.1, -0.05) is 23.7 Å². The van der Waals surface area contributed by atoms with Crippen LogP contribution in [0.25, 0.3) is 0 Å². The Hall–Kier alpha value is -1.43. The van der Waals surface area contributed by atoms with Crippen molar-refractivity contribution in [1.82, 2.24) is 14.8 Å². The Morgan fingerprint density at radius 3 is 2.77 bits per heavy atom. The predicted molar refractivity (Wildman–Crippen MR) is 83.4 cm³/mol. The highest BCUT2D eigenvalue weighted by atomic mass is 35.5. The molecule has 2 N–H and O–H groups in total. The van der Waals surface area contributed by atoms with Gasteiger partial charge in [-0.25, -0.2) is 4.98 Å². The van der Waals surface area contributed by atoms with Crippen LogP contribution in [0.4, 0.5) is 0 Å². The van der Waals surface area contributed by atoms with Gasteiger partial charge in [0, 0.05) is 18.9 Å². The van der Waals surface area contributed by atoms with Crippen molar-refractivity contribution in [3.8, 4) is 0 Å². The molecule has 0 radical (unpaired) electrons. The fourth-order valence-electron chi connectivity index (χ4n) is 3.29. The van der Waals surface area contributed by atoms with E-state index < -0.39 is 11.5 Å². The Balaban J connectivity index is 1.87. The van der Waals surface area contributed by atoms with Gasteiger partial charge in [0.25, 0.3) is 0 Å². The van der Waals surface area contributed by atoms with Crippen molar-refractivity contribution in [3.05, 3.63) is 47.5 Å². The first-order chi connectivity index (χ1) is 11.0. The lowest BCUT2D eigenvalue weighted by Gasteiger charge is -2.34. The number of rotatable bonds is 5. The SMILES string of the molecule is [3H]C1(CO)CCC(Cc2ccc(Cl)cc2)C1(O)Cn1cncn1. The van der Waals surface area contributed by atoms with Crippen molar-refractivity contribution >= 4 is 11.6 Å². The number of aromatic nitrogens is 3. The van der Waals surface area contributed by atoms with E-state index in [1.165, 1.54) is 17.3 Å². The largest absolute Gasteiger partial charge is 0.396 e. The number of hydrogen-bond donors (Lipinski definition) is 2. The summed E-state index contributed by atoms with van der Waals surface area (Å²) in [4.78, 5) is 3.89. The van der Waals surface area contributed by atoms with E-state index in [0.29, 0.717) is 24.3 Å². The van der Waals surface area contributed by atoms with Gasteiger partial charge < -0.3 is 10.2 Å². The first-order valence-corrected chi connectivity index (χ1v) is 7.75. The van der Waals surface area contributed by atoms with Gasteiger partial charge in [-0.2, -0.15) is 5.10 Å². The van der Waals surface area contributed by atoms with Crippen molar-refractivity contribution < 1.29 is 11.6 Å². The summed E-state index contributed by atoms with van der Waals surface area (Å²) in [5.41, 5.74) is -0.312. The molecule has 1 saturated carbocycles. The zero-order chi connectivity index (χ0) is 16.5. The molecule has 3 atom stereocenters. The van der Waals surface area contributed by atoms with E-state index in [9.17, 15) is 10.2 Å². The van der Waals surface area contributed by atoms with Crippen LogP contribution in [0.3, 0.4) is 0 Å². The second-order valence-electron chi connectivity index (χ2n) is 5.85. The molecule has 2 aromatic rings. The Bertz CT molecular complexity index is 652. The standard InChI is InChI=1S/C16H20ClN3O2/c17-15-5-1-12(2-6-15)7-13-3-4-14(8-21)16(13,22)9-20-11-18-10-19-20/h1-2,5-6,10-11,13-14,21-22H,3-4,7-9H2/i14T. The van der Waals surface area contributed by atoms with Crippen molar-refractivity contribution in [1.29, 1.82) is 0 Å². The first kappa shape index (κ1) is 14.2. The third kappa shape index (κ3) is 3.02. The van der Waals surface area contributed by atoms with Gasteiger partial charge in [-0.15, -0.1) is 0 Å². The molecule has 118 valence electrons. The maximum atomic E-state index is 11.3. The number of aliphatic hydroxyl groups is 2. The van der Waals surface area contributed by atoms with E-state index in [1.807, 2.05) is 24.3 Å². The molecule has 3 unspecified atom stereocenters. The molecule has 1 aliphatic rings. The smallest absolute Gasteiger partial charge is 0.137 e. The molecule has 1 fully saturated rings. The van der Waals surface area contributed by atoms with Crippen LogP contribution in [-0.4, -0.2) is 37.2 Å². The van der Waals surface area contributed by atoms with Gasteiger partial charge >= 0.3 is 0 Å². The average molecular weight is 324 g/mol. The Labute approximate surface area is 136 Å². The number of hydrogen-bond acceptors (Lipinski definition) is 4.